The quantitative estimate of drug-likeness (QED) is 0.922. The standard InChI is InChI=1S/C16H23ClN4/c1-18-7-4-13-5-8-20(9-6-13)11-15-12-21-10-14(17)2-3-16(21)19-15/h2-3,10,12-13,18H,4-9,11H2,1H3. The predicted octanol–water partition coefficient (Wildman–Crippen LogP) is 2.81. The van der Waals surface area contributed by atoms with E-state index in [0.717, 1.165) is 35.4 Å². The van der Waals surface area contributed by atoms with Gasteiger partial charge in [0.15, 0.2) is 0 Å². The normalized spacial score (nSPS) is 17.6. The number of rotatable bonds is 5. The fraction of sp³-hybridized carbons (Fsp3) is 0.562. The molecule has 0 aliphatic carbocycles. The Bertz CT molecular complexity index is 587. The molecule has 3 heterocycles. The van der Waals surface area contributed by atoms with E-state index in [1.54, 1.807) is 0 Å². The van der Waals surface area contributed by atoms with Crippen molar-refractivity contribution in [1.29, 1.82) is 0 Å². The molecule has 0 bridgehead atoms. The molecule has 2 aromatic heterocycles. The number of aromatic nitrogens is 2. The Morgan fingerprint density at radius 3 is 2.86 bits per heavy atom. The number of imidazole rings is 1. The highest BCUT2D eigenvalue weighted by molar-refractivity contribution is 6.30. The second-order valence-corrected chi connectivity index (χ2v) is 6.39. The SMILES string of the molecule is CNCCC1CCN(Cc2cn3cc(Cl)ccc3n2)CC1. The number of fused-ring (bicyclic) bond motifs is 1. The monoisotopic (exact) mass is 306 g/mol. The molecule has 0 unspecified atom stereocenters. The lowest BCUT2D eigenvalue weighted by Gasteiger charge is -2.31. The molecule has 0 amide bonds. The summed E-state index contributed by atoms with van der Waals surface area (Å²) >= 11 is 6.01. The van der Waals surface area contributed by atoms with Crippen LogP contribution < -0.4 is 5.32 Å². The molecule has 1 aliphatic rings. The van der Waals surface area contributed by atoms with Crippen LogP contribution in [0.3, 0.4) is 0 Å². The van der Waals surface area contributed by atoms with Crippen molar-refractivity contribution in [3.05, 3.63) is 35.2 Å². The molecule has 1 saturated heterocycles. The van der Waals surface area contributed by atoms with Gasteiger partial charge in [0, 0.05) is 18.9 Å². The predicted molar refractivity (Wildman–Crippen MR) is 86.7 cm³/mol. The second kappa shape index (κ2) is 6.77. The zero-order chi connectivity index (χ0) is 14.7. The van der Waals surface area contributed by atoms with Gasteiger partial charge in [-0.3, -0.25) is 4.90 Å². The third kappa shape index (κ3) is 3.76. The Kier molecular flexibility index (Phi) is 4.78. The van der Waals surface area contributed by atoms with Gasteiger partial charge < -0.3 is 9.72 Å². The molecule has 0 atom stereocenters. The topological polar surface area (TPSA) is 32.6 Å². The molecule has 0 spiro atoms. The average Bonchev–Trinajstić information content (AvgIpc) is 2.88. The molecule has 3 rings (SSSR count). The number of piperidine rings is 1. The van der Waals surface area contributed by atoms with Crippen molar-refractivity contribution in [1.82, 2.24) is 19.6 Å². The van der Waals surface area contributed by atoms with E-state index in [9.17, 15) is 0 Å². The highest BCUT2D eigenvalue weighted by Crippen LogP contribution is 2.21. The van der Waals surface area contributed by atoms with Crippen LogP contribution in [0.15, 0.2) is 24.5 Å². The van der Waals surface area contributed by atoms with Gasteiger partial charge in [0.25, 0.3) is 0 Å². The Labute approximate surface area is 131 Å². The molecular formula is C16H23ClN4. The lowest BCUT2D eigenvalue weighted by Crippen LogP contribution is -2.34. The minimum Gasteiger partial charge on any atom is -0.320 e. The Hall–Kier alpha value is -1.10. The number of likely N-dealkylation sites (tertiary alicyclic amines) is 1. The smallest absolute Gasteiger partial charge is 0.137 e. The molecule has 1 aliphatic heterocycles. The summed E-state index contributed by atoms with van der Waals surface area (Å²) in [5.41, 5.74) is 2.10. The van der Waals surface area contributed by atoms with Crippen molar-refractivity contribution < 1.29 is 0 Å². The zero-order valence-electron chi connectivity index (χ0n) is 12.6. The van der Waals surface area contributed by atoms with Crippen LogP contribution in [0.2, 0.25) is 5.02 Å². The molecule has 2 aromatic rings. The van der Waals surface area contributed by atoms with Gasteiger partial charge in [0.05, 0.1) is 10.7 Å². The number of pyridine rings is 1. The van der Waals surface area contributed by atoms with Crippen LogP contribution in [-0.2, 0) is 6.54 Å². The molecule has 1 N–H and O–H groups in total. The van der Waals surface area contributed by atoms with E-state index < -0.39 is 0 Å². The van der Waals surface area contributed by atoms with Crippen molar-refractivity contribution >= 4 is 17.2 Å². The molecule has 4 nitrogen and oxygen atoms in total. The van der Waals surface area contributed by atoms with Crippen molar-refractivity contribution in [2.45, 2.75) is 25.8 Å². The molecular weight excluding hydrogens is 284 g/mol. The van der Waals surface area contributed by atoms with Crippen molar-refractivity contribution in [2.24, 2.45) is 5.92 Å². The summed E-state index contributed by atoms with van der Waals surface area (Å²) in [6.07, 6.45) is 7.92. The van der Waals surface area contributed by atoms with Gasteiger partial charge in [-0.25, -0.2) is 4.98 Å². The summed E-state index contributed by atoms with van der Waals surface area (Å²) in [6, 6.07) is 3.86. The highest BCUT2D eigenvalue weighted by Gasteiger charge is 2.19. The summed E-state index contributed by atoms with van der Waals surface area (Å²) in [4.78, 5) is 7.18. The first kappa shape index (κ1) is 14.8. The van der Waals surface area contributed by atoms with Crippen molar-refractivity contribution in [3.63, 3.8) is 0 Å². The Balaban J connectivity index is 1.56. The number of nitrogens with zero attached hydrogens (tertiary/aromatic N) is 3. The number of halogens is 1. The fourth-order valence-electron chi connectivity index (χ4n) is 3.10. The first-order valence-corrected chi connectivity index (χ1v) is 8.12. The maximum atomic E-state index is 6.01. The fourth-order valence-corrected chi connectivity index (χ4v) is 3.27. The molecule has 0 saturated carbocycles. The van der Waals surface area contributed by atoms with Crippen LogP contribution in [0.4, 0.5) is 0 Å². The van der Waals surface area contributed by atoms with Gasteiger partial charge in [-0.1, -0.05) is 11.6 Å². The van der Waals surface area contributed by atoms with Gasteiger partial charge in [-0.2, -0.15) is 0 Å². The number of hydrogen-bond acceptors (Lipinski definition) is 3. The minimum absolute atomic E-state index is 0.747. The molecule has 0 aromatic carbocycles. The van der Waals surface area contributed by atoms with Gasteiger partial charge in [-0.05, 0) is 64.0 Å². The van der Waals surface area contributed by atoms with Crippen LogP contribution in [0.1, 0.15) is 25.0 Å². The first-order valence-electron chi connectivity index (χ1n) is 7.74. The average molecular weight is 307 g/mol. The molecule has 1 fully saturated rings. The van der Waals surface area contributed by atoms with Crippen molar-refractivity contribution in [3.8, 4) is 0 Å². The van der Waals surface area contributed by atoms with Gasteiger partial charge in [0.2, 0.25) is 0 Å². The van der Waals surface area contributed by atoms with Crippen LogP contribution in [0.5, 0.6) is 0 Å². The largest absolute Gasteiger partial charge is 0.320 e. The first-order chi connectivity index (χ1) is 10.2. The third-order valence-electron chi connectivity index (χ3n) is 4.36. The van der Waals surface area contributed by atoms with E-state index in [4.69, 9.17) is 11.6 Å². The molecule has 5 heteroatoms. The van der Waals surface area contributed by atoms with Gasteiger partial charge in [0.1, 0.15) is 5.65 Å². The maximum absolute atomic E-state index is 6.01. The lowest BCUT2D eigenvalue weighted by atomic mass is 9.93. The highest BCUT2D eigenvalue weighted by atomic mass is 35.5. The third-order valence-corrected chi connectivity index (χ3v) is 4.58. The molecule has 114 valence electrons. The van der Waals surface area contributed by atoms with E-state index >= 15 is 0 Å². The second-order valence-electron chi connectivity index (χ2n) is 5.96. The van der Waals surface area contributed by atoms with E-state index in [1.165, 1.54) is 32.4 Å². The van der Waals surface area contributed by atoms with E-state index in [1.807, 2.05) is 29.8 Å². The Morgan fingerprint density at radius 1 is 1.29 bits per heavy atom. The van der Waals surface area contributed by atoms with Gasteiger partial charge in [-0.15, -0.1) is 0 Å². The van der Waals surface area contributed by atoms with Crippen molar-refractivity contribution in [2.75, 3.05) is 26.7 Å². The maximum Gasteiger partial charge on any atom is 0.137 e. The van der Waals surface area contributed by atoms with Crippen LogP contribution in [0.25, 0.3) is 5.65 Å². The summed E-state index contributed by atoms with van der Waals surface area (Å²) in [5, 5.41) is 4.00. The molecule has 0 radical (unpaired) electrons. The zero-order valence-corrected chi connectivity index (χ0v) is 13.3. The lowest BCUT2D eigenvalue weighted by molar-refractivity contribution is 0.171. The Morgan fingerprint density at radius 2 is 2.10 bits per heavy atom. The van der Waals surface area contributed by atoms with Crippen LogP contribution >= 0.6 is 11.6 Å². The summed E-state index contributed by atoms with van der Waals surface area (Å²) in [7, 11) is 2.03. The number of hydrogen-bond donors (Lipinski definition) is 1. The summed E-state index contributed by atoms with van der Waals surface area (Å²) in [5.74, 6) is 0.883. The van der Waals surface area contributed by atoms with Crippen LogP contribution in [-0.4, -0.2) is 41.0 Å². The van der Waals surface area contributed by atoms with E-state index in [0.29, 0.717) is 0 Å². The molecule has 21 heavy (non-hydrogen) atoms. The van der Waals surface area contributed by atoms with Gasteiger partial charge >= 0.3 is 0 Å². The summed E-state index contributed by atoms with van der Waals surface area (Å²) in [6.45, 7) is 4.45. The minimum atomic E-state index is 0.747. The number of nitrogens with one attached hydrogen (secondary N) is 1. The summed E-state index contributed by atoms with van der Waals surface area (Å²) < 4.78 is 2.01. The van der Waals surface area contributed by atoms with E-state index in [2.05, 4.69) is 21.4 Å². The van der Waals surface area contributed by atoms with E-state index in [-0.39, 0.29) is 0 Å². The van der Waals surface area contributed by atoms with Crippen LogP contribution in [0, 0.1) is 5.92 Å².